The molecule has 0 aliphatic heterocycles. The molecule has 32 heavy (non-hydrogen) atoms. The lowest BCUT2D eigenvalue weighted by Gasteiger charge is -2.15. The molecule has 0 aliphatic rings. The highest BCUT2D eigenvalue weighted by Gasteiger charge is 2.15. The molecule has 162 valence electrons. The lowest BCUT2D eigenvalue weighted by molar-refractivity contribution is -0.112. The van der Waals surface area contributed by atoms with Gasteiger partial charge in [-0.2, -0.15) is 5.26 Å². The Morgan fingerprint density at radius 2 is 1.84 bits per heavy atom. The quantitative estimate of drug-likeness (QED) is 0.217. The van der Waals surface area contributed by atoms with Crippen molar-refractivity contribution in [2.24, 2.45) is 0 Å². The fourth-order valence-electron chi connectivity index (χ4n) is 2.85. The van der Waals surface area contributed by atoms with E-state index in [0.717, 1.165) is 9.13 Å². The molecule has 0 bridgehead atoms. The highest BCUT2D eigenvalue weighted by molar-refractivity contribution is 14.1. The van der Waals surface area contributed by atoms with Crippen LogP contribution in [0.25, 0.3) is 6.08 Å². The topological polar surface area (TPSA) is 71.3 Å². The first-order valence-electron chi connectivity index (χ1n) is 9.82. The summed E-state index contributed by atoms with van der Waals surface area (Å²) in [7, 11) is 0. The second kappa shape index (κ2) is 11.3. The summed E-state index contributed by atoms with van der Waals surface area (Å²) in [5, 5.41) is 12.2. The Balaban J connectivity index is 1.84. The zero-order valence-corrected chi connectivity index (χ0v) is 19.4. The monoisotopic (exact) mass is 542 g/mol. The van der Waals surface area contributed by atoms with Crippen molar-refractivity contribution in [3.63, 3.8) is 0 Å². The van der Waals surface area contributed by atoms with Gasteiger partial charge < -0.3 is 14.8 Å². The number of carbonyl (C=O) groups excluding carboxylic acids is 1. The van der Waals surface area contributed by atoms with Gasteiger partial charge in [0, 0.05) is 5.69 Å². The van der Waals surface area contributed by atoms with Gasteiger partial charge in [0.15, 0.2) is 11.5 Å². The van der Waals surface area contributed by atoms with E-state index < -0.39 is 5.91 Å². The Morgan fingerprint density at radius 3 is 2.50 bits per heavy atom. The number of nitrogens with one attached hydrogen (secondary N) is 1. The molecule has 5 nitrogen and oxygen atoms in total. The van der Waals surface area contributed by atoms with Crippen LogP contribution in [0.4, 0.5) is 10.1 Å². The molecule has 7 heteroatoms. The van der Waals surface area contributed by atoms with Crippen molar-refractivity contribution < 1.29 is 18.7 Å². The van der Waals surface area contributed by atoms with E-state index in [4.69, 9.17) is 9.47 Å². The number of rotatable bonds is 8. The molecular weight excluding hydrogens is 522 g/mol. The predicted molar refractivity (Wildman–Crippen MR) is 130 cm³/mol. The average Bonchev–Trinajstić information content (AvgIpc) is 2.79. The molecule has 0 spiro atoms. The summed E-state index contributed by atoms with van der Waals surface area (Å²) in [4.78, 5) is 12.5. The SMILES string of the molecule is CCOc1cc(/C=C(/C#N)C(=O)Nc2ccccc2)cc(I)c1OCc1ccc(F)cc1. The van der Waals surface area contributed by atoms with E-state index in [2.05, 4.69) is 27.9 Å². The van der Waals surface area contributed by atoms with Gasteiger partial charge in [0.1, 0.15) is 24.1 Å². The number of nitriles is 1. The summed E-state index contributed by atoms with van der Waals surface area (Å²) in [6, 6.07) is 20.5. The Labute approximate surface area is 199 Å². The highest BCUT2D eigenvalue weighted by atomic mass is 127. The van der Waals surface area contributed by atoms with Gasteiger partial charge in [-0.15, -0.1) is 0 Å². The van der Waals surface area contributed by atoms with Crippen LogP contribution >= 0.6 is 22.6 Å². The Hall–Kier alpha value is -3.38. The van der Waals surface area contributed by atoms with Crippen LogP contribution in [0.3, 0.4) is 0 Å². The van der Waals surface area contributed by atoms with Crippen molar-refractivity contribution >= 4 is 40.3 Å². The third-order valence-corrected chi connectivity index (χ3v) is 5.14. The van der Waals surface area contributed by atoms with E-state index in [1.165, 1.54) is 18.2 Å². The summed E-state index contributed by atoms with van der Waals surface area (Å²) in [5.41, 5.74) is 2.02. The number of ether oxygens (including phenoxy) is 2. The normalized spacial score (nSPS) is 10.9. The first-order chi connectivity index (χ1) is 15.5. The molecular formula is C25H20FIN2O3. The molecule has 1 N–H and O–H groups in total. The van der Waals surface area contributed by atoms with Gasteiger partial charge in [-0.3, -0.25) is 4.79 Å². The van der Waals surface area contributed by atoms with Crippen molar-refractivity contribution in [3.05, 3.63) is 92.8 Å². The molecule has 3 rings (SSSR count). The lowest BCUT2D eigenvalue weighted by Crippen LogP contribution is -2.13. The van der Waals surface area contributed by atoms with Gasteiger partial charge in [-0.25, -0.2) is 4.39 Å². The number of carbonyl (C=O) groups is 1. The number of anilines is 1. The van der Waals surface area contributed by atoms with Crippen LogP contribution in [-0.4, -0.2) is 12.5 Å². The fraction of sp³-hybridized carbons (Fsp3) is 0.120. The molecule has 1 amide bonds. The van der Waals surface area contributed by atoms with E-state index in [0.29, 0.717) is 29.4 Å². The molecule has 0 aliphatic carbocycles. The first kappa shape index (κ1) is 23.3. The molecule has 0 unspecified atom stereocenters. The van der Waals surface area contributed by atoms with Gasteiger partial charge in [0.25, 0.3) is 5.91 Å². The second-order valence-electron chi connectivity index (χ2n) is 6.67. The van der Waals surface area contributed by atoms with Crippen molar-refractivity contribution in [1.82, 2.24) is 0 Å². The molecule has 0 radical (unpaired) electrons. The number of halogens is 2. The summed E-state index contributed by atoms with van der Waals surface area (Å²) in [6.45, 7) is 2.51. The number of nitrogens with zero attached hydrogens (tertiary/aromatic N) is 1. The van der Waals surface area contributed by atoms with Crippen molar-refractivity contribution in [2.45, 2.75) is 13.5 Å². The maximum absolute atomic E-state index is 13.1. The molecule has 3 aromatic carbocycles. The van der Waals surface area contributed by atoms with Gasteiger partial charge >= 0.3 is 0 Å². The van der Waals surface area contributed by atoms with E-state index in [1.54, 1.807) is 48.5 Å². The maximum atomic E-state index is 13.1. The first-order valence-corrected chi connectivity index (χ1v) is 10.9. The van der Waals surface area contributed by atoms with E-state index >= 15 is 0 Å². The van der Waals surface area contributed by atoms with E-state index in [-0.39, 0.29) is 18.0 Å². The number of amides is 1. The van der Waals surface area contributed by atoms with Crippen LogP contribution in [0.2, 0.25) is 0 Å². The fourth-order valence-corrected chi connectivity index (χ4v) is 3.63. The zero-order valence-electron chi connectivity index (χ0n) is 17.3. The molecule has 3 aromatic rings. The summed E-state index contributed by atoms with van der Waals surface area (Å²) in [6.07, 6.45) is 1.51. The Bertz CT molecular complexity index is 1160. The molecule has 0 atom stereocenters. The van der Waals surface area contributed by atoms with Gasteiger partial charge in [-0.05, 0) is 83.1 Å². The second-order valence-corrected chi connectivity index (χ2v) is 7.83. The van der Waals surface area contributed by atoms with Gasteiger partial charge in [-0.1, -0.05) is 30.3 Å². The molecule has 0 heterocycles. The van der Waals surface area contributed by atoms with Crippen LogP contribution < -0.4 is 14.8 Å². The number of hydrogen-bond donors (Lipinski definition) is 1. The molecule has 0 saturated carbocycles. The van der Waals surface area contributed by atoms with Gasteiger partial charge in [0.2, 0.25) is 0 Å². The largest absolute Gasteiger partial charge is 0.490 e. The average molecular weight is 542 g/mol. The summed E-state index contributed by atoms with van der Waals surface area (Å²) >= 11 is 2.12. The van der Waals surface area contributed by atoms with E-state index in [9.17, 15) is 14.4 Å². The van der Waals surface area contributed by atoms with Crippen molar-refractivity contribution in [2.75, 3.05) is 11.9 Å². The third-order valence-electron chi connectivity index (χ3n) is 4.34. The lowest BCUT2D eigenvalue weighted by atomic mass is 10.1. The Morgan fingerprint density at radius 1 is 1.12 bits per heavy atom. The minimum absolute atomic E-state index is 0.0351. The van der Waals surface area contributed by atoms with Gasteiger partial charge in [0.05, 0.1) is 10.2 Å². The molecule has 0 saturated heterocycles. The van der Waals surface area contributed by atoms with Crippen LogP contribution in [0, 0.1) is 20.7 Å². The van der Waals surface area contributed by atoms with Crippen LogP contribution in [0.5, 0.6) is 11.5 Å². The van der Waals surface area contributed by atoms with Crippen molar-refractivity contribution in [1.29, 1.82) is 5.26 Å². The highest BCUT2D eigenvalue weighted by Crippen LogP contribution is 2.35. The van der Waals surface area contributed by atoms with Crippen molar-refractivity contribution in [3.8, 4) is 17.6 Å². The maximum Gasteiger partial charge on any atom is 0.266 e. The van der Waals surface area contributed by atoms with Crippen LogP contribution in [0.1, 0.15) is 18.1 Å². The standard InChI is InChI=1S/C25H20FIN2O3/c1-2-31-23-14-18(12-19(15-28)25(30)29-21-6-4-3-5-7-21)13-22(27)24(23)32-16-17-8-10-20(26)11-9-17/h3-14H,2,16H2,1H3,(H,29,30)/b19-12-. The predicted octanol–water partition coefficient (Wildman–Crippen LogP) is 5.95. The van der Waals surface area contributed by atoms with Crippen LogP contribution in [0.15, 0.2) is 72.3 Å². The minimum atomic E-state index is -0.497. The zero-order chi connectivity index (χ0) is 22.9. The smallest absolute Gasteiger partial charge is 0.266 e. The summed E-state index contributed by atoms with van der Waals surface area (Å²) < 4.78 is 25.5. The number of para-hydroxylation sites is 1. The number of hydrogen-bond acceptors (Lipinski definition) is 4. The van der Waals surface area contributed by atoms with E-state index in [1.807, 2.05) is 19.1 Å². The third kappa shape index (κ3) is 6.31. The number of benzene rings is 3. The molecule has 0 fully saturated rings. The summed E-state index contributed by atoms with van der Waals surface area (Å²) in [5.74, 6) is 0.233. The Kier molecular flexibility index (Phi) is 8.22. The molecule has 0 aromatic heterocycles. The van der Waals surface area contributed by atoms with Crippen LogP contribution in [-0.2, 0) is 11.4 Å². The minimum Gasteiger partial charge on any atom is -0.490 e.